The van der Waals surface area contributed by atoms with Gasteiger partial charge in [0.2, 0.25) is 5.01 Å². The van der Waals surface area contributed by atoms with Crippen LogP contribution in [0.5, 0.6) is 10.9 Å². The highest BCUT2D eigenvalue weighted by molar-refractivity contribution is 7.15. The van der Waals surface area contributed by atoms with Crippen molar-refractivity contribution in [2.75, 3.05) is 12.4 Å². The summed E-state index contributed by atoms with van der Waals surface area (Å²) in [5.74, 6) is -0.314. The maximum atomic E-state index is 12.2. The van der Waals surface area contributed by atoms with Crippen molar-refractivity contribution in [2.24, 2.45) is 0 Å². The summed E-state index contributed by atoms with van der Waals surface area (Å²) in [5, 5.41) is 10.9. The number of aryl methyl sites for hydroxylation is 1. The monoisotopic (exact) mass is 369 g/mol. The molecule has 0 radical (unpaired) electrons. The minimum atomic E-state index is -0.428. The number of anilines is 1. The summed E-state index contributed by atoms with van der Waals surface area (Å²) < 4.78 is 10.2. The minimum Gasteiger partial charge on any atom is -0.465 e. The molecule has 1 amide bonds. The van der Waals surface area contributed by atoms with E-state index in [1.165, 1.54) is 7.11 Å². The Bertz CT molecular complexity index is 938. The van der Waals surface area contributed by atoms with Crippen LogP contribution in [0.4, 0.5) is 5.69 Å². The van der Waals surface area contributed by atoms with Crippen molar-refractivity contribution in [2.45, 2.75) is 6.92 Å². The molecule has 1 N–H and O–H groups in total. The van der Waals surface area contributed by atoms with Gasteiger partial charge in [-0.15, -0.1) is 5.10 Å². The third kappa shape index (κ3) is 4.22. The Kier molecular flexibility index (Phi) is 5.23. The van der Waals surface area contributed by atoms with Crippen LogP contribution in [-0.4, -0.2) is 29.2 Å². The summed E-state index contributed by atoms with van der Waals surface area (Å²) in [7, 11) is 1.32. The third-order valence-corrected chi connectivity index (χ3v) is 4.16. The summed E-state index contributed by atoms with van der Waals surface area (Å²) in [6, 6.07) is 13.8. The molecule has 1 aromatic heterocycles. The summed E-state index contributed by atoms with van der Waals surface area (Å²) in [4.78, 5) is 23.6. The number of carbonyl (C=O) groups excluding carboxylic acids is 2. The van der Waals surface area contributed by atoms with Gasteiger partial charge in [0.1, 0.15) is 5.75 Å². The molecule has 26 heavy (non-hydrogen) atoms. The number of rotatable bonds is 5. The fourth-order valence-electron chi connectivity index (χ4n) is 2.13. The molecule has 0 saturated carbocycles. The second kappa shape index (κ2) is 7.75. The molecular formula is C18H15N3O4S. The molecule has 3 aromatic rings. The zero-order valence-corrected chi connectivity index (χ0v) is 14.9. The van der Waals surface area contributed by atoms with Gasteiger partial charge in [-0.25, -0.2) is 4.79 Å². The molecule has 0 unspecified atom stereocenters. The van der Waals surface area contributed by atoms with E-state index in [9.17, 15) is 9.59 Å². The lowest BCUT2D eigenvalue weighted by molar-refractivity contribution is 0.0600. The van der Waals surface area contributed by atoms with Crippen LogP contribution in [0.2, 0.25) is 0 Å². The maximum absolute atomic E-state index is 12.2. The molecule has 3 rings (SSSR count). The average Bonchev–Trinajstić information content (AvgIpc) is 3.10. The van der Waals surface area contributed by atoms with Gasteiger partial charge in [-0.1, -0.05) is 17.2 Å². The quantitative estimate of drug-likeness (QED) is 0.690. The number of hydrogen-bond acceptors (Lipinski definition) is 7. The largest absolute Gasteiger partial charge is 0.465 e. The molecule has 0 fully saturated rings. The Morgan fingerprint density at radius 3 is 2.54 bits per heavy atom. The van der Waals surface area contributed by atoms with E-state index in [-0.39, 0.29) is 16.1 Å². The summed E-state index contributed by atoms with van der Waals surface area (Å²) >= 11 is 1.03. The Morgan fingerprint density at radius 2 is 1.85 bits per heavy atom. The number of ether oxygens (including phenoxy) is 2. The summed E-state index contributed by atoms with van der Waals surface area (Å²) in [6.07, 6.45) is 0. The number of benzene rings is 2. The van der Waals surface area contributed by atoms with Crippen molar-refractivity contribution in [3.63, 3.8) is 0 Å². The summed E-state index contributed by atoms with van der Waals surface area (Å²) in [5.41, 5.74) is 2.14. The predicted molar refractivity (Wildman–Crippen MR) is 96.9 cm³/mol. The third-order valence-electron chi connectivity index (χ3n) is 3.36. The van der Waals surface area contributed by atoms with Crippen molar-refractivity contribution in [1.82, 2.24) is 10.2 Å². The number of methoxy groups -OCH3 is 1. The molecule has 0 aliphatic carbocycles. The zero-order valence-electron chi connectivity index (χ0n) is 14.1. The van der Waals surface area contributed by atoms with Crippen molar-refractivity contribution in [3.8, 4) is 10.9 Å². The topological polar surface area (TPSA) is 90.4 Å². The van der Waals surface area contributed by atoms with Crippen LogP contribution in [0.3, 0.4) is 0 Å². The fourth-order valence-corrected chi connectivity index (χ4v) is 2.74. The molecule has 1 heterocycles. The first kappa shape index (κ1) is 17.6. The molecular weight excluding hydrogens is 354 g/mol. The second-order valence-corrected chi connectivity index (χ2v) is 6.25. The van der Waals surface area contributed by atoms with Crippen LogP contribution in [0.1, 0.15) is 25.7 Å². The molecule has 0 aliphatic rings. The van der Waals surface area contributed by atoms with Gasteiger partial charge < -0.3 is 14.8 Å². The molecule has 2 aromatic carbocycles. The highest BCUT2D eigenvalue weighted by Gasteiger charge is 2.15. The molecule has 132 valence electrons. The van der Waals surface area contributed by atoms with Crippen LogP contribution >= 0.6 is 11.3 Å². The first-order chi connectivity index (χ1) is 12.5. The second-order valence-electron chi connectivity index (χ2n) is 5.31. The first-order valence-corrected chi connectivity index (χ1v) is 8.44. The number of aromatic nitrogens is 2. The lowest BCUT2D eigenvalue weighted by Gasteiger charge is -2.03. The Labute approximate surface area is 153 Å². The minimum absolute atomic E-state index is 0.188. The van der Waals surface area contributed by atoms with Crippen LogP contribution in [0.25, 0.3) is 0 Å². The van der Waals surface area contributed by atoms with E-state index in [2.05, 4.69) is 20.3 Å². The van der Waals surface area contributed by atoms with E-state index in [1.54, 1.807) is 30.3 Å². The number of carbonyl (C=O) groups is 2. The molecule has 7 nitrogen and oxygen atoms in total. The van der Waals surface area contributed by atoms with E-state index in [1.807, 2.05) is 25.1 Å². The molecule has 8 heteroatoms. The molecule has 0 atom stereocenters. The molecule has 0 aliphatic heterocycles. The Hall–Kier alpha value is -3.26. The van der Waals surface area contributed by atoms with Gasteiger partial charge in [0.15, 0.2) is 0 Å². The van der Waals surface area contributed by atoms with E-state index in [4.69, 9.17) is 4.74 Å². The molecule has 0 saturated heterocycles. The Morgan fingerprint density at radius 1 is 1.08 bits per heavy atom. The number of nitrogens with zero attached hydrogens (tertiary/aromatic N) is 2. The number of hydrogen-bond donors (Lipinski definition) is 1. The van der Waals surface area contributed by atoms with Gasteiger partial charge in [0, 0.05) is 5.69 Å². The SMILES string of the molecule is COC(=O)c1ccc(Oc2nnc(C(=O)Nc3cccc(C)c3)s2)cc1. The number of nitrogens with one attached hydrogen (secondary N) is 1. The van der Waals surface area contributed by atoms with Crippen LogP contribution in [-0.2, 0) is 4.74 Å². The number of amides is 1. The molecule has 0 spiro atoms. The lowest BCUT2D eigenvalue weighted by atomic mass is 10.2. The Balaban J connectivity index is 1.65. The first-order valence-electron chi connectivity index (χ1n) is 7.63. The van der Waals surface area contributed by atoms with E-state index in [0.29, 0.717) is 17.0 Å². The van der Waals surface area contributed by atoms with Crippen LogP contribution in [0, 0.1) is 6.92 Å². The van der Waals surface area contributed by atoms with Crippen molar-refractivity contribution < 1.29 is 19.1 Å². The number of esters is 1. The van der Waals surface area contributed by atoms with Gasteiger partial charge in [-0.2, -0.15) is 0 Å². The average molecular weight is 369 g/mol. The predicted octanol–water partition coefficient (Wildman–Crippen LogP) is 3.68. The zero-order chi connectivity index (χ0) is 18.5. The van der Waals surface area contributed by atoms with Gasteiger partial charge in [0.05, 0.1) is 12.7 Å². The fraction of sp³-hybridized carbons (Fsp3) is 0.111. The van der Waals surface area contributed by atoms with Gasteiger partial charge in [-0.05, 0) is 60.2 Å². The summed E-state index contributed by atoms with van der Waals surface area (Å²) in [6.45, 7) is 1.94. The maximum Gasteiger partial charge on any atom is 0.337 e. The van der Waals surface area contributed by atoms with Crippen molar-refractivity contribution in [3.05, 3.63) is 64.7 Å². The normalized spacial score (nSPS) is 10.2. The van der Waals surface area contributed by atoms with E-state index in [0.717, 1.165) is 16.9 Å². The van der Waals surface area contributed by atoms with Gasteiger partial charge in [0.25, 0.3) is 11.1 Å². The van der Waals surface area contributed by atoms with Crippen LogP contribution < -0.4 is 10.1 Å². The lowest BCUT2D eigenvalue weighted by Crippen LogP contribution is -2.11. The smallest absolute Gasteiger partial charge is 0.337 e. The highest BCUT2D eigenvalue weighted by atomic mass is 32.1. The van der Waals surface area contributed by atoms with Crippen molar-refractivity contribution in [1.29, 1.82) is 0 Å². The van der Waals surface area contributed by atoms with Crippen molar-refractivity contribution >= 4 is 28.9 Å². The van der Waals surface area contributed by atoms with Crippen LogP contribution in [0.15, 0.2) is 48.5 Å². The van der Waals surface area contributed by atoms with E-state index >= 15 is 0 Å². The van der Waals surface area contributed by atoms with Gasteiger partial charge in [-0.3, -0.25) is 4.79 Å². The van der Waals surface area contributed by atoms with Gasteiger partial charge >= 0.3 is 5.97 Å². The van der Waals surface area contributed by atoms with E-state index < -0.39 is 5.97 Å². The highest BCUT2D eigenvalue weighted by Crippen LogP contribution is 2.26. The molecule has 0 bridgehead atoms. The standard InChI is InChI=1S/C18H15N3O4S/c1-11-4-3-5-13(10-11)19-15(22)16-20-21-18(26-16)25-14-8-6-12(7-9-14)17(23)24-2/h3-10H,1-2H3,(H,19,22).